The molecule has 0 spiro atoms. The lowest BCUT2D eigenvalue weighted by Crippen LogP contribution is -2.23. The molecule has 0 saturated carbocycles. The van der Waals surface area contributed by atoms with Crippen LogP contribution in [0.25, 0.3) is 10.9 Å². The Bertz CT molecular complexity index is 1100. The monoisotopic (exact) mass is 369 g/mol. The first-order valence-corrected chi connectivity index (χ1v) is 8.95. The van der Waals surface area contributed by atoms with Gasteiger partial charge in [-0.1, -0.05) is 48.0 Å². The zero-order valence-electron chi connectivity index (χ0n) is 15.4. The van der Waals surface area contributed by atoms with Crippen molar-refractivity contribution in [3.05, 3.63) is 89.9 Å². The highest BCUT2D eigenvalue weighted by atomic mass is 16.1. The molecular weight excluding hydrogens is 350 g/mol. The standard InChI is InChI=1S/C22H19N5O/c1-15-7-9-16(10-8-15)12-24-21(28)18-13-25-22(26-14-18)27-19-6-2-4-17-5-3-11-23-20(17)19/h2-11,13-14H,12H2,1H3,(H,24,28)(H,25,26,27). The number of benzene rings is 2. The molecule has 0 saturated heterocycles. The molecule has 0 aliphatic rings. The molecule has 0 aliphatic carbocycles. The maximum atomic E-state index is 12.3. The van der Waals surface area contributed by atoms with E-state index < -0.39 is 0 Å². The average Bonchev–Trinajstić information content (AvgIpc) is 2.74. The Labute approximate surface area is 162 Å². The van der Waals surface area contributed by atoms with E-state index in [1.807, 2.05) is 61.5 Å². The maximum Gasteiger partial charge on any atom is 0.254 e. The Morgan fingerprint density at radius 2 is 1.68 bits per heavy atom. The smallest absolute Gasteiger partial charge is 0.254 e. The van der Waals surface area contributed by atoms with Gasteiger partial charge >= 0.3 is 0 Å². The van der Waals surface area contributed by atoms with Crippen molar-refractivity contribution >= 4 is 28.4 Å². The van der Waals surface area contributed by atoms with E-state index in [4.69, 9.17) is 0 Å². The van der Waals surface area contributed by atoms with Gasteiger partial charge in [0, 0.05) is 30.5 Å². The highest BCUT2D eigenvalue weighted by molar-refractivity contribution is 5.94. The molecule has 28 heavy (non-hydrogen) atoms. The molecule has 0 fully saturated rings. The Balaban J connectivity index is 1.43. The van der Waals surface area contributed by atoms with E-state index in [1.165, 1.54) is 18.0 Å². The second kappa shape index (κ2) is 7.84. The number of aryl methyl sites for hydroxylation is 1. The second-order valence-corrected chi connectivity index (χ2v) is 6.47. The third kappa shape index (κ3) is 3.96. The number of pyridine rings is 1. The lowest BCUT2D eigenvalue weighted by molar-refractivity contribution is 0.0950. The van der Waals surface area contributed by atoms with E-state index in [2.05, 4.69) is 25.6 Å². The summed E-state index contributed by atoms with van der Waals surface area (Å²) in [5.41, 5.74) is 4.30. The van der Waals surface area contributed by atoms with Gasteiger partial charge in [-0.2, -0.15) is 0 Å². The summed E-state index contributed by atoms with van der Waals surface area (Å²) in [6, 6.07) is 17.8. The van der Waals surface area contributed by atoms with Crippen molar-refractivity contribution in [2.75, 3.05) is 5.32 Å². The SMILES string of the molecule is Cc1ccc(CNC(=O)c2cnc(Nc3cccc4cccnc34)nc2)cc1. The van der Waals surface area contributed by atoms with E-state index in [1.54, 1.807) is 6.20 Å². The van der Waals surface area contributed by atoms with Gasteiger partial charge in [-0.25, -0.2) is 9.97 Å². The van der Waals surface area contributed by atoms with Crippen molar-refractivity contribution in [1.82, 2.24) is 20.3 Å². The molecule has 4 aromatic rings. The van der Waals surface area contributed by atoms with E-state index in [0.29, 0.717) is 18.1 Å². The van der Waals surface area contributed by atoms with Crippen LogP contribution in [0.2, 0.25) is 0 Å². The van der Waals surface area contributed by atoms with Crippen LogP contribution < -0.4 is 10.6 Å². The molecule has 2 N–H and O–H groups in total. The minimum Gasteiger partial charge on any atom is -0.348 e. The third-order valence-electron chi connectivity index (χ3n) is 4.37. The first kappa shape index (κ1) is 17.6. The van der Waals surface area contributed by atoms with Crippen LogP contribution in [0.15, 0.2) is 73.2 Å². The normalized spacial score (nSPS) is 10.6. The van der Waals surface area contributed by atoms with Gasteiger partial charge in [0.05, 0.1) is 16.8 Å². The zero-order valence-corrected chi connectivity index (χ0v) is 15.4. The summed E-state index contributed by atoms with van der Waals surface area (Å²) in [4.78, 5) is 25.2. The first-order valence-electron chi connectivity index (χ1n) is 8.95. The average molecular weight is 369 g/mol. The van der Waals surface area contributed by atoms with Crippen LogP contribution in [0.4, 0.5) is 11.6 Å². The summed E-state index contributed by atoms with van der Waals surface area (Å²) < 4.78 is 0. The van der Waals surface area contributed by atoms with Gasteiger partial charge < -0.3 is 10.6 Å². The number of amides is 1. The van der Waals surface area contributed by atoms with Crippen LogP contribution in [0.3, 0.4) is 0 Å². The predicted molar refractivity (Wildman–Crippen MR) is 109 cm³/mol. The van der Waals surface area contributed by atoms with Crippen LogP contribution >= 0.6 is 0 Å². The van der Waals surface area contributed by atoms with Gasteiger partial charge in [-0.15, -0.1) is 0 Å². The molecule has 4 rings (SSSR count). The highest BCUT2D eigenvalue weighted by Crippen LogP contribution is 2.22. The van der Waals surface area contributed by atoms with E-state index in [0.717, 1.165) is 22.2 Å². The molecule has 138 valence electrons. The van der Waals surface area contributed by atoms with Crippen molar-refractivity contribution in [2.45, 2.75) is 13.5 Å². The number of aromatic nitrogens is 3. The molecule has 1 amide bonds. The largest absolute Gasteiger partial charge is 0.348 e. The van der Waals surface area contributed by atoms with Gasteiger partial charge in [0.25, 0.3) is 5.91 Å². The van der Waals surface area contributed by atoms with Gasteiger partial charge in [0.1, 0.15) is 0 Å². The third-order valence-corrected chi connectivity index (χ3v) is 4.37. The van der Waals surface area contributed by atoms with Gasteiger partial charge in [0.2, 0.25) is 5.95 Å². The summed E-state index contributed by atoms with van der Waals surface area (Å²) in [6.45, 7) is 2.49. The Kier molecular flexibility index (Phi) is 4.93. The molecule has 2 heterocycles. The van der Waals surface area contributed by atoms with E-state index >= 15 is 0 Å². The summed E-state index contributed by atoms with van der Waals surface area (Å²) in [5, 5.41) is 7.07. The van der Waals surface area contributed by atoms with Crippen LogP contribution in [0.5, 0.6) is 0 Å². The summed E-state index contributed by atoms with van der Waals surface area (Å²) in [6.07, 6.45) is 4.77. The van der Waals surface area contributed by atoms with Crippen molar-refractivity contribution in [3.63, 3.8) is 0 Å². The second-order valence-electron chi connectivity index (χ2n) is 6.47. The molecule has 0 radical (unpaired) electrons. The Hall–Kier alpha value is -3.80. The fraction of sp³-hybridized carbons (Fsp3) is 0.0909. The fourth-order valence-electron chi connectivity index (χ4n) is 2.83. The minimum atomic E-state index is -0.209. The predicted octanol–water partition coefficient (Wildman–Crippen LogP) is 4.01. The lowest BCUT2D eigenvalue weighted by Gasteiger charge is -2.08. The minimum absolute atomic E-state index is 0.209. The number of anilines is 2. The number of nitrogens with zero attached hydrogens (tertiary/aromatic N) is 3. The Morgan fingerprint density at radius 3 is 2.46 bits per heavy atom. The van der Waals surface area contributed by atoms with Gasteiger partial charge in [-0.3, -0.25) is 9.78 Å². The fourth-order valence-corrected chi connectivity index (χ4v) is 2.83. The molecule has 6 nitrogen and oxygen atoms in total. The molecule has 0 aliphatic heterocycles. The van der Waals surface area contributed by atoms with Gasteiger partial charge in [0.15, 0.2) is 0 Å². The molecule has 6 heteroatoms. The topological polar surface area (TPSA) is 79.8 Å². The van der Waals surface area contributed by atoms with Crippen molar-refractivity contribution in [3.8, 4) is 0 Å². The summed E-state index contributed by atoms with van der Waals surface area (Å²) >= 11 is 0. The molecule has 2 aromatic carbocycles. The number of hydrogen-bond acceptors (Lipinski definition) is 5. The van der Waals surface area contributed by atoms with E-state index in [-0.39, 0.29) is 5.91 Å². The van der Waals surface area contributed by atoms with Crippen molar-refractivity contribution in [1.29, 1.82) is 0 Å². The number of hydrogen-bond donors (Lipinski definition) is 2. The van der Waals surface area contributed by atoms with Gasteiger partial charge in [-0.05, 0) is 24.6 Å². The summed E-state index contributed by atoms with van der Waals surface area (Å²) in [5.74, 6) is 0.201. The Morgan fingerprint density at radius 1 is 0.929 bits per heavy atom. The van der Waals surface area contributed by atoms with Crippen LogP contribution in [-0.2, 0) is 6.54 Å². The number of carbonyl (C=O) groups excluding carboxylic acids is 1. The van der Waals surface area contributed by atoms with Crippen LogP contribution in [-0.4, -0.2) is 20.9 Å². The number of carbonyl (C=O) groups is 1. The molecular formula is C22H19N5O. The zero-order chi connectivity index (χ0) is 19.3. The van der Waals surface area contributed by atoms with Crippen LogP contribution in [0.1, 0.15) is 21.5 Å². The maximum absolute atomic E-state index is 12.3. The number of fused-ring (bicyclic) bond motifs is 1. The van der Waals surface area contributed by atoms with Crippen LogP contribution in [0, 0.1) is 6.92 Å². The molecule has 0 atom stereocenters. The highest BCUT2D eigenvalue weighted by Gasteiger charge is 2.08. The lowest BCUT2D eigenvalue weighted by atomic mass is 10.1. The quantitative estimate of drug-likeness (QED) is 0.556. The molecule has 0 bridgehead atoms. The van der Waals surface area contributed by atoms with Crippen molar-refractivity contribution < 1.29 is 4.79 Å². The van der Waals surface area contributed by atoms with Crippen molar-refractivity contribution in [2.24, 2.45) is 0 Å². The first-order chi connectivity index (χ1) is 13.7. The summed E-state index contributed by atoms with van der Waals surface area (Å²) in [7, 11) is 0. The number of para-hydroxylation sites is 1. The number of rotatable bonds is 5. The van der Waals surface area contributed by atoms with E-state index in [9.17, 15) is 4.79 Å². The number of nitrogens with one attached hydrogen (secondary N) is 2. The molecule has 2 aromatic heterocycles. The molecule has 0 unspecified atom stereocenters.